The van der Waals surface area contributed by atoms with Crippen molar-refractivity contribution in [3.8, 4) is 0 Å². The molecule has 1 heterocycles. The summed E-state index contributed by atoms with van der Waals surface area (Å²) in [7, 11) is 0. The molecule has 22 heavy (non-hydrogen) atoms. The van der Waals surface area contributed by atoms with Gasteiger partial charge in [-0.05, 0) is 47.5 Å². The number of carboxylic acid groups (broad SMARTS) is 1. The van der Waals surface area contributed by atoms with E-state index in [0.29, 0.717) is 33.5 Å². The number of halogens is 1. The van der Waals surface area contributed by atoms with Gasteiger partial charge in [-0.3, -0.25) is 4.79 Å². The summed E-state index contributed by atoms with van der Waals surface area (Å²) >= 11 is 6.97. The number of hydrogen-bond acceptors (Lipinski definition) is 4. The van der Waals surface area contributed by atoms with E-state index in [0.717, 1.165) is 0 Å². The number of thiophene rings is 1. The number of rotatable bonds is 5. The third-order valence-corrected chi connectivity index (χ3v) is 4.23. The van der Waals surface area contributed by atoms with Gasteiger partial charge in [-0.25, -0.2) is 0 Å². The second-order valence-electron chi connectivity index (χ2n) is 5.31. The maximum Gasteiger partial charge on any atom is 0.256 e. The van der Waals surface area contributed by atoms with Gasteiger partial charge in [-0.15, -0.1) is 11.3 Å². The number of carbonyl (C=O) groups is 2. The number of anilines is 1. The van der Waals surface area contributed by atoms with Crippen molar-refractivity contribution >= 4 is 39.8 Å². The van der Waals surface area contributed by atoms with Crippen LogP contribution in [0.2, 0.25) is 5.02 Å². The Morgan fingerprint density at radius 1 is 1.27 bits per heavy atom. The Kier molecular flexibility index (Phi) is 5.21. The molecule has 6 heteroatoms. The Labute approximate surface area is 137 Å². The zero-order chi connectivity index (χ0) is 16.3. The molecule has 2 rings (SSSR count). The number of carbonyl (C=O) groups excluding carboxylic acids is 2. The van der Waals surface area contributed by atoms with E-state index in [1.165, 1.54) is 11.3 Å². The Hall–Kier alpha value is -1.85. The number of hydrogen-bond donors (Lipinski definition) is 1. The van der Waals surface area contributed by atoms with Gasteiger partial charge in [0.1, 0.15) is 5.00 Å². The summed E-state index contributed by atoms with van der Waals surface area (Å²) in [5.41, 5.74) is 1.17. The average molecular weight is 337 g/mol. The molecule has 1 amide bonds. The van der Waals surface area contributed by atoms with Gasteiger partial charge < -0.3 is 15.2 Å². The topological polar surface area (TPSA) is 69.2 Å². The van der Waals surface area contributed by atoms with Crippen LogP contribution < -0.4 is 10.4 Å². The fourth-order valence-electron chi connectivity index (χ4n) is 2.08. The highest BCUT2D eigenvalue weighted by atomic mass is 35.5. The van der Waals surface area contributed by atoms with E-state index in [-0.39, 0.29) is 11.5 Å². The molecule has 1 aromatic carbocycles. The van der Waals surface area contributed by atoms with Crippen molar-refractivity contribution in [1.29, 1.82) is 0 Å². The van der Waals surface area contributed by atoms with Gasteiger partial charge in [0, 0.05) is 16.1 Å². The molecule has 0 aliphatic heterocycles. The van der Waals surface area contributed by atoms with E-state index in [2.05, 4.69) is 5.32 Å². The van der Waals surface area contributed by atoms with Gasteiger partial charge >= 0.3 is 0 Å². The Morgan fingerprint density at radius 2 is 1.91 bits per heavy atom. The van der Waals surface area contributed by atoms with Crippen molar-refractivity contribution in [2.45, 2.75) is 20.3 Å². The lowest BCUT2D eigenvalue weighted by molar-refractivity contribution is -0.254. The second kappa shape index (κ2) is 6.94. The second-order valence-corrected chi connectivity index (χ2v) is 6.63. The Morgan fingerprint density at radius 3 is 2.45 bits per heavy atom. The molecule has 116 valence electrons. The van der Waals surface area contributed by atoms with Crippen LogP contribution in [0.4, 0.5) is 5.00 Å². The first-order valence-electron chi connectivity index (χ1n) is 6.77. The number of aromatic carboxylic acids is 1. The normalized spacial score (nSPS) is 10.7. The molecule has 0 saturated carbocycles. The van der Waals surface area contributed by atoms with Crippen LogP contribution in [-0.2, 0) is 6.42 Å². The first kappa shape index (κ1) is 16.5. The lowest BCUT2D eigenvalue weighted by atomic mass is 10.0. The summed E-state index contributed by atoms with van der Waals surface area (Å²) in [6.45, 7) is 4.01. The molecule has 0 aliphatic rings. The van der Waals surface area contributed by atoms with Crippen molar-refractivity contribution in [2.75, 3.05) is 5.32 Å². The van der Waals surface area contributed by atoms with E-state index in [9.17, 15) is 14.7 Å². The quantitative estimate of drug-likeness (QED) is 0.911. The molecule has 0 spiro atoms. The van der Waals surface area contributed by atoms with Crippen LogP contribution in [0, 0.1) is 5.92 Å². The average Bonchev–Trinajstić information content (AvgIpc) is 2.81. The zero-order valence-corrected chi connectivity index (χ0v) is 13.8. The SMILES string of the molecule is CC(C)Cc1csc(NC(=O)c2ccc(Cl)cc2)c1C(=O)[O-]. The van der Waals surface area contributed by atoms with Gasteiger partial charge in [-0.2, -0.15) is 0 Å². The fourth-order valence-corrected chi connectivity index (χ4v) is 3.16. The number of nitrogens with one attached hydrogen (secondary N) is 1. The van der Waals surface area contributed by atoms with Crippen molar-refractivity contribution in [3.05, 3.63) is 51.4 Å². The molecule has 0 atom stereocenters. The lowest BCUT2D eigenvalue weighted by Gasteiger charge is -2.11. The maximum absolute atomic E-state index is 12.2. The highest BCUT2D eigenvalue weighted by Gasteiger charge is 2.16. The lowest BCUT2D eigenvalue weighted by Crippen LogP contribution is -2.25. The summed E-state index contributed by atoms with van der Waals surface area (Å²) in [6, 6.07) is 6.38. The van der Waals surface area contributed by atoms with E-state index in [1.54, 1.807) is 29.6 Å². The summed E-state index contributed by atoms with van der Waals surface area (Å²) < 4.78 is 0. The monoisotopic (exact) mass is 336 g/mol. The minimum absolute atomic E-state index is 0.0704. The standard InChI is InChI=1S/C16H16ClNO3S/c1-9(2)7-11-8-22-15(13(11)16(20)21)18-14(19)10-3-5-12(17)6-4-10/h3-6,8-9H,7H2,1-2H3,(H,18,19)(H,20,21)/p-1. The van der Waals surface area contributed by atoms with Crippen LogP contribution in [-0.4, -0.2) is 11.9 Å². The highest BCUT2D eigenvalue weighted by molar-refractivity contribution is 7.15. The van der Waals surface area contributed by atoms with Crippen LogP contribution in [0.3, 0.4) is 0 Å². The molecule has 0 saturated heterocycles. The molecule has 4 nitrogen and oxygen atoms in total. The maximum atomic E-state index is 12.2. The van der Waals surface area contributed by atoms with Gasteiger partial charge in [0.25, 0.3) is 5.91 Å². The van der Waals surface area contributed by atoms with Crippen molar-refractivity contribution in [1.82, 2.24) is 0 Å². The predicted octanol–water partition coefficient (Wildman–Crippen LogP) is 3.22. The number of amides is 1. The zero-order valence-electron chi connectivity index (χ0n) is 12.2. The van der Waals surface area contributed by atoms with Crippen LogP contribution in [0.5, 0.6) is 0 Å². The fraction of sp³-hybridized carbons (Fsp3) is 0.250. The van der Waals surface area contributed by atoms with Gasteiger partial charge in [0.05, 0.1) is 5.97 Å². The van der Waals surface area contributed by atoms with Gasteiger partial charge in [0.15, 0.2) is 0 Å². The molecule has 1 aromatic heterocycles. The van der Waals surface area contributed by atoms with Gasteiger partial charge in [-0.1, -0.05) is 25.4 Å². The Bertz CT molecular complexity index is 692. The van der Waals surface area contributed by atoms with E-state index >= 15 is 0 Å². The Balaban J connectivity index is 2.25. The summed E-state index contributed by atoms with van der Waals surface area (Å²) in [5.74, 6) is -1.34. The molecule has 1 N–H and O–H groups in total. The molecule has 0 aliphatic carbocycles. The van der Waals surface area contributed by atoms with E-state index < -0.39 is 5.97 Å². The summed E-state index contributed by atoms with van der Waals surface area (Å²) in [5, 5.41) is 16.6. The van der Waals surface area contributed by atoms with Crippen molar-refractivity contribution in [2.24, 2.45) is 5.92 Å². The van der Waals surface area contributed by atoms with Crippen LogP contribution in [0.25, 0.3) is 0 Å². The number of benzene rings is 1. The first-order chi connectivity index (χ1) is 10.4. The molecule has 0 unspecified atom stereocenters. The number of carboxylic acids is 1. The molecular formula is C16H15ClNO3S-. The smallest absolute Gasteiger partial charge is 0.256 e. The summed E-state index contributed by atoms with van der Waals surface area (Å²) in [4.78, 5) is 23.5. The molecule has 0 bridgehead atoms. The van der Waals surface area contributed by atoms with Gasteiger partial charge in [0.2, 0.25) is 0 Å². The third-order valence-electron chi connectivity index (χ3n) is 3.03. The minimum Gasteiger partial charge on any atom is -0.545 e. The van der Waals surface area contributed by atoms with Crippen molar-refractivity contribution in [3.63, 3.8) is 0 Å². The predicted molar refractivity (Wildman–Crippen MR) is 86.6 cm³/mol. The first-order valence-corrected chi connectivity index (χ1v) is 8.03. The summed E-state index contributed by atoms with van der Waals surface area (Å²) in [6.07, 6.45) is 0.622. The molecule has 2 aromatic rings. The van der Waals surface area contributed by atoms with Crippen molar-refractivity contribution < 1.29 is 14.7 Å². The van der Waals surface area contributed by atoms with E-state index in [4.69, 9.17) is 11.6 Å². The highest BCUT2D eigenvalue weighted by Crippen LogP contribution is 2.30. The van der Waals surface area contributed by atoms with Crippen LogP contribution in [0.15, 0.2) is 29.6 Å². The molecule has 0 fully saturated rings. The van der Waals surface area contributed by atoms with E-state index in [1.807, 2.05) is 13.8 Å². The van der Waals surface area contributed by atoms with Crippen LogP contribution in [0.1, 0.15) is 40.1 Å². The minimum atomic E-state index is -1.27. The third kappa shape index (κ3) is 3.87. The molecule has 0 radical (unpaired) electrons. The van der Waals surface area contributed by atoms with Crippen LogP contribution >= 0.6 is 22.9 Å². The molecular weight excluding hydrogens is 322 g/mol. The largest absolute Gasteiger partial charge is 0.545 e.